The molecule has 22 heavy (non-hydrogen) atoms. The highest BCUT2D eigenvalue weighted by Crippen LogP contribution is 2.17. The number of pyridine rings is 1. The SMILES string of the molecule is CCC(C)(C)NC(=O)C(C)n1cc(-c2ccc(F)nc2)nn1. The molecule has 2 aromatic heterocycles. The summed E-state index contributed by atoms with van der Waals surface area (Å²) in [6.07, 6.45) is 3.86. The Morgan fingerprint density at radius 2 is 2.18 bits per heavy atom. The molecule has 1 atom stereocenters. The zero-order chi connectivity index (χ0) is 16.3. The fourth-order valence-electron chi connectivity index (χ4n) is 1.77. The number of halogens is 1. The highest BCUT2D eigenvalue weighted by Gasteiger charge is 2.23. The van der Waals surface area contributed by atoms with E-state index in [2.05, 4.69) is 20.6 Å². The lowest BCUT2D eigenvalue weighted by Crippen LogP contribution is -2.45. The van der Waals surface area contributed by atoms with Crippen LogP contribution in [-0.4, -0.2) is 31.4 Å². The van der Waals surface area contributed by atoms with Gasteiger partial charge in [0.1, 0.15) is 11.7 Å². The Bertz CT molecular complexity index is 650. The summed E-state index contributed by atoms with van der Waals surface area (Å²) in [5.41, 5.74) is 0.923. The normalized spacial score (nSPS) is 13.0. The number of hydrogen-bond acceptors (Lipinski definition) is 4. The van der Waals surface area contributed by atoms with Gasteiger partial charge in [-0.15, -0.1) is 5.10 Å². The zero-order valence-corrected chi connectivity index (χ0v) is 13.2. The van der Waals surface area contributed by atoms with E-state index in [4.69, 9.17) is 0 Å². The minimum absolute atomic E-state index is 0.125. The van der Waals surface area contributed by atoms with Gasteiger partial charge >= 0.3 is 0 Å². The Morgan fingerprint density at radius 1 is 1.45 bits per heavy atom. The van der Waals surface area contributed by atoms with Crippen molar-refractivity contribution in [3.63, 3.8) is 0 Å². The number of rotatable bonds is 5. The first-order chi connectivity index (χ1) is 10.3. The summed E-state index contributed by atoms with van der Waals surface area (Å²) in [7, 11) is 0. The number of hydrogen-bond donors (Lipinski definition) is 1. The van der Waals surface area contributed by atoms with Crippen LogP contribution in [0.3, 0.4) is 0 Å². The summed E-state index contributed by atoms with van der Waals surface area (Å²) in [5.74, 6) is -0.675. The summed E-state index contributed by atoms with van der Waals surface area (Å²) in [6.45, 7) is 7.70. The molecule has 0 spiro atoms. The van der Waals surface area contributed by atoms with Gasteiger partial charge in [-0.2, -0.15) is 4.39 Å². The molecule has 7 heteroatoms. The maximum atomic E-state index is 12.8. The molecule has 2 heterocycles. The average molecular weight is 305 g/mol. The molecule has 0 radical (unpaired) electrons. The maximum absolute atomic E-state index is 12.8. The predicted molar refractivity (Wildman–Crippen MR) is 80.4 cm³/mol. The van der Waals surface area contributed by atoms with Gasteiger partial charge in [-0.25, -0.2) is 9.67 Å². The lowest BCUT2D eigenvalue weighted by atomic mass is 10.0. The number of aromatic nitrogens is 4. The lowest BCUT2D eigenvalue weighted by Gasteiger charge is -2.26. The van der Waals surface area contributed by atoms with Gasteiger partial charge in [0.25, 0.3) is 0 Å². The number of nitrogens with one attached hydrogen (secondary N) is 1. The summed E-state index contributed by atoms with van der Waals surface area (Å²) < 4.78 is 14.3. The monoisotopic (exact) mass is 305 g/mol. The van der Waals surface area contributed by atoms with E-state index in [-0.39, 0.29) is 11.4 Å². The van der Waals surface area contributed by atoms with Gasteiger partial charge < -0.3 is 5.32 Å². The van der Waals surface area contributed by atoms with Crippen LogP contribution in [0.2, 0.25) is 0 Å². The first-order valence-electron chi connectivity index (χ1n) is 7.18. The molecule has 0 bridgehead atoms. The molecule has 1 amide bonds. The van der Waals surface area contributed by atoms with Gasteiger partial charge in [0.05, 0.1) is 6.20 Å². The van der Waals surface area contributed by atoms with E-state index >= 15 is 0 Å². The molecule has 2 rings (SSSR count). The molecule has 0 saturated carbocycles. The topological polar surface area (TPSA) is 72.7 Å². The zero-order valence-electron chi connectivity index (χ0n) is 13.2. The molecule has 6 nitrogen and oxygen atoms in total. The molecular weight excluding hydrogens is 285 g/mol. The average Bonchev–Trinajstić information content (AvgIpc) is 2.96. The van der Waals surface area contributed by atoms with Crippen LogP contribution in [-0.2, 0) is 4.79 Å². The molecule has 1 N–H and O–H groups in total. The van der Waals surface area contributed by atoms with Crippen molar-refractivity contribution < 1.29 is 9.18 Å². The van der Waals surface area contributed by atoms with Crippen molar-refractivity contribution in [2.45, 2.75) is 45.7 Å². The summed E-state index contributed by atoms with van der Waals surface area (Å²) in [6, 6.07) is 2.34. The molecule has 2 aromatic rings. The Labute approximate surface area is 128 Å². The lowest BCUT2D eigenvalue weighted by molar-refractivity contribution is -0.125. The Hall–Kier alpha value is -2.31. The van der Waals surface area contributed by atoms with Crippen LogP contribution >= 0.6 is 0 Å². The first kappa shape index (κ1) is 16.1. The summed E-state index contributed by atoms with van der Waals surface area (Å²) in [4.78, 5) is 15.8. The van der Waals surface area contributed by atoms with Crippen molar-refractivity contribution in [3.8, 4) is 11.3 Å². The standard InChI is InChI=1S/C15H20FN5O/c1-5-15(3,4)18-14(22)10(2)21-9-12(19-20-21)11-6-7-13(16)17-8-11/h6-10H,5H2,1-4H3,(H,18,22). The van der Waals surface area contributed by atoms with Crippen molar-refractivity contribution in [1.29, 1.82) is 0 Å². The minimum atomic E-state index is -0.550. The van der Waals surface area contributed by atoms with Crippen LogP contribution in [0, 0.1) is 5.95 Å². The van der Waals surface area contributed by atoms with Gasteiger partial charge in [-0.05, 0) is 39.3 Å². The highest BCUT2D eigenvalue weighted by molar-refractivity contribution is 5.80. The number of carbonyl (C=O) groups is 1. The first-order valence-corrected chi connectivity index (χ1v) is 7.18. The van der Waals surface area contributed by atoms with Gasteiger partial charge in [-0.1, -0.05) is 12.1 Å². The van der Waals surface area contributed by atoms with E-state index in [0.717, 1.165) is 6.42 Å². The molecule has 0 fully saturated rings. The third-order valence-corrected chi connectivity index (χ3v) is 3.66. The Morgan fingerprint density at radius 3 is 2.77 bits per heavy atom. The van der Waals surface area contributed by atoms with Gasteiger partial charge in [0.15, 0.2) is 0 Å². The maximum Gasteiger partial charge on any atom is 0.245 e. The van der Waals surface area contributed by atoms with Crippen LogP contribution in [0.1, 0.15) is 40.2 Å². The van der Waals surface area contributed by atoms with Crippen molar-refractivity contribution >= 4 is 5.91 Å². The Kier molecular flexibility index (Phi) is 4.54. The van der Waals surface area contributed by atoms with E-state index in [9.17, 15) is 9.18 Å². The quantitative estimate of drug-likeness (QED) is 0.861. The Balaban J connectivity index is 2.13. The summed E-state index contributed by atoms with van der Waals surface area (Å²) >= 11 is 0. The van der Waals surface area contributed by atoms with E-state index < -0.39 is 12.0 Å². The molecule has 0 aromatic carbocycles. The van der Waals surface area contributed by atoms with Gasteiger partial charge in [0, 0.05) is 17.3 Å². The van der Waals surface area contributed by atoms with Crippen molar-refractivity contribution in [2.24, 2.45) is 0 Å². The molecule has 0 saturated heterocycles. The largest absolute Gasteiger partial charge is 0.349 e. The molecule has 0 aliphatic heterocycles. The van der Waals surface area contributed by atoms with E-state index in [1.54, 1.807) is 19.2 Å². The number of amides is 1. The van der Waals surface area contributed by atoms with E-state index in [1.807, 2.05) is 20.8 Å². The molecular formula is C15H20FN5O. The van der Waals surface area contributed by atoms with Crippen LogP contribution in [0.5, 0.6) is 0 Å². The molecule has 118 valence electrons. The second-order valence-corrected chi connectivity index (χ2v) is 5.86. The fourth-order valence-corrected chi connectivity index (χ4v) is 1.77. The smallest absolute Gasteiger partial charge is 0.245 e. The second kappa shape index (κ2) is 6.21. The second-order valence-electron chi connectivity index (χ2n) is 5.86. The van der Waals surface area contributed by atoms with Crippen LogP contribution < -0.4 is 5.32 Å². The molecule has 1 unspecified atom stereocenters. The van der Waals surface area contributed by atoms with Crippen LogP contribution in [0.15, 0.2) is 24.5 Å². The van der Waals surface area contributed by atoms with Crippen molar-refractivity contribution in [1.82, 2.24) is 25.3 Å². The highest BCUT2D eigenvalue weighted by atomic mass is 19.1. The molecule has 0 aliphatic rings. The van der Waals surface area contributed by atoms with Crippen LogP contribution in [0.4, 0.5) is 4.39 Å². The van der Waals surface area contributed by atoms with E-state index in [0.29, 0.717) is 11.3 Å². The van der Waals surface area contributed by atoms with Gasteiger partial charge in [0.2, 0.25) is 11.9 Å². The number of nitrogens with zero attached hydrogens (tertiary/aromatic N) is 4. The van der Waals surface area contributed by atoms with Crippen molar-refractivity contribution in [3.05, 3.63) is 30.5 Å². The fraction of sp³-hybridized carbons (Fsp3) is 0.467. The minimum Gasteiger partial charge on any atom is -0.349 e. The third-order valence-electron chi connectivity index (χ3n) is 3.66. The predicted octanol–water partition coefficient (Wildman–Crippen LogP) is 2.34. The van der Waals surface area contributed by atoms with Crippen LogP contribution in [0.25, 0.3) is 11.3 Å². The van der Waals surface area contributed by atoms with Gasteiger partial charge in [-0.3, -0.25) is 4.79 Å². The number of carbonyl (C=O) groups excluding carboxylic acids is 1. The third kappa shape index (κ3) is 3.66. The van der Waals surface area contributed by atoms with Crippen molar-refractivity contribution in [2.75, 3.05) is 0 Å². The summed E-state index contributed by atoms with van der Waals surface area (Å²) in [5, 5.41) is 11.0. The molecule has 0 aliphatic carbocycles. The van der Waals surface area contributed by atoms with E-state index in [1.165, 1.54) is 16.9 Å².